The van der Waals surface area contributed by atoms with Crippen LogP contribution in [0.2, 0.25) is 0 Å². The Kier molecular flexibility index (Phi) is 4.00. The molecule has 0 aliphatic heterocycles. The van der Waals surface area contributed by atoms with Gasteiger partial charge in [-0.1, -0.05) is 18.2 Å². The summed E-state index contributed by atoms with van der Waals surface area (Å²) in [6.45, 7) is 1.87. The van der Waals surface area contributed by atoms with Crippen molar-refractivity contribution < 1.29 is 13.5 Å². The smallest absolute Gasteiger partial charge is 0.181 e. The second kappa shape index (κ2) is 5.69. The number of hydrogen-bond acceptors (Lipinski definition) is 2. The number of rotatable bonds is 4. The maximum Gasteiger partial charge on any atom is 0.181 e. The van der Waals surface area contributed by atoms with E-state index in [4.69, 9.17) is 4.74 Å². The van der Waals surface area contributed by atoms with Crippen LogP contribution in [-0.2, 0) is 0 Å². The minimum atomic E-state index is -0.864. The zero-order valence-corrected chi connectivity index (χ0v) is 10.8. The molecule has 0 saturated heterocycles. The van der Waals surface area contributed by atoms with E-state index in [9.17, 15) is 8.78 Å². The number of halogens is 2. The second-order valence-electron chi connectivity index (χ2n) is 4.24. The molecule has 0 saturated carbocycles. The van der Waals surface area contributed by atoms with E-state index in [1.807, 2.05) is 31.2 Å². The molecule has 2 aromatic carbocycles. The maximum absolute atomic E-state index is 13.6. The van der Waals surface area contributed by atoms with Gasteiger partial charge in [0.05, 0.1) is 12.8 Å². The molecule has 4 heteroatoms. The van der Waals surface area contributed by atoms with Crippen LogP contribution in [0.1, 0.15) is 18.5 Å². The number of methoxy groups -OCH3 is 1. The lowest BCUT2D eigenvalue weighted by Crippen LogP contribution is -2.08. The molecular weight excluding hydrogens is 248 g/mol. The van der Waals surface area contributed by atoms with Crippen LogP contribution < -0.4 is 10.1 Å². The molecule has 0 bridgehead atoms. The number of hydrogen-bond donors (Lipinski definition) is 1. The first kappa shape index (κ1) is 13.3. The quantitative estimate of drug-likeness (QED) is 0.894. The first-order valence-electron chi connectivity index (χ1n) is 5.96. The van der Waals surface area contributed by atoms with E-state index in [0.29, 0.717) is 0 Å². The number of nitrogens with one attached hydrogen (secondary N) is 1. The highest BCUT2D eigenvalue weighted by Crippen LogP contribution is 2.25. The number of ether oxygens (including phenoxy) is 1. The Morgan fingerprint density at radius 1 is 1.11 bits per heavy atom. The Labute approximate surface area is 111 Å². The fourth-order valence-corrected chi connectivity index (χ4v) is 1.84. The van der Waals surface area contributed by atoms with E-state index >= 15 is 0 Å². The molecule has 0 amide bonds. The third-order valence-electron chi connectivity index (χ3n) is 2.92. The summed E-state index contributed by atoms with van der Waals surface area (Å²) in [7, 11) is 1.59. The number of benzene rings is 2. The molecular formula is C15H15F2NO. The maximum atomic E-state index is 13.6. The van der Waals surface area contributed by atoms with Gasteiger partial charge in [-0.3, -0.25) is 0 Å². The van der Waals surface area contributed by atoms with Gasteiger partial charge >= 0.3 is 0 Å². The summed E-state index contributed by atoms with van der Waals surface area (Å²) in [6, 6.07) is 11.4. The Balaban J connectivity index is 2.20. The van der Waals surface area contributed by atoms with Crippen molar-refractivity contribution >= 4 is 5.69 Å². The molecule has 1 N–H and O–H groups in total. The Bertz CT molecular complexity index is 572. The summed E-state index contributed by atoms with van der Waals surface area (Å²) >= 11 is 0. The lowest BCUT2D eigenvalue weighted by Gasteiger charge is -2.17. The zero-order chi connectivity index (χ0) is 13.8. The molecule has 0 aliphatic rings. The van der Waals surface area contributed by atoms with Crippen molar-refractivity contribution in [2.45, 2.75) is 13.0 Å². The van der Waals surface area contributed by atoms with Crippen molar-refractivity contribution in [3.8, 4) is 5.75 Å². The normalized spacial score (nSPS) is 12.0. The average Bonchev–Trinajstić information content (AvgIpc) is 2.44. The van der Waals surface area contributed by atoms with E-state index in [-0.39, 0.29) is 11.7 Å². The SMILES string of the molecule is COc1cccc(C(C)Nc2cccc(F)c2F)c1. The molecule has 0 fully saturated rings. The molecule has 1 unspecified atom stereocenters. The topological polar surface area (TPSA) is 21.3 Å². The van der Waals surface area contributed by atoms with E-state index in [0.717, 1.165) is 17.4 Å². The van der Waals surface area contributed by atoms with Crippen molar-refractivity contribution in [3.05, 3.63) is 59.7 Å². The van der Waals surface area contributed by atoms with Gasteiger partial charge in [0.1, 0.15) is 5.75 Å². The minimum absolute atomic E-state index is 0.148. The first-order chi connectivity index (χ1) is 9.11. The first-order valence-corrected chi connectivity index (χ1v) is 5.96. The summed E-state index contributed by atoms with van der Waals surface area (Å²) in [5.74, 6) is -0.994. The van der Waals surface area contributed by atoms with E-state index in [1.165, 1.54) is 12.1 Å². The van der Waals surface area contributed by atoms with E-state index < -0.39 is 11.6 Å². The summed E-state index contributed by atoms with van der Waals surface area (Å²) in [4.78, 5) is 0. The van der Waals surface area contributed by atoms with Gasteiger partial charge in [0.25, 0.3) is 0 Å². The van der Waals surface area contributed by atoms with Gasteiger partial charge in [0.2, 0.25) is 0 Å². The highest BCUT2D eigenvalue weighted by Gasteiger charge is 2.11. The predicted octanol–water partition coefficient (Wildman–Crippen LogP) is 4.15. The average molecular weight is 263 g/mol. The largest absolute Gasteiger partial charge is 0.497 e. The fraction of sp³-hybridized carbons (Fsp3) is 0.200. The van der Waals surface area contributed by atoms with Crippen LogP contribution in [-0.4, -0.2) is 7.11 Å². The van der Waals surface area contributed by atoms with Gasteiger partial charge < -0.3 is 10.1 Å². The van der Waals surface area contributed by atoms with Crippen molar-refractivity contribution in [1.29, 1.82) is 0 Å². The molecule has 0 heterocycles. The lowest BCUT2D eigenvalue weighted by molar-refractivity contribution is 0.414. The Hall–Kier alpha value is -2.10. The molecule has 2 rings (SSSR count). The molecule has 100 valence electrons. The van der Waals surface area contributed by atoms with Gasteiger partial charge in [-0.15, -0.1) is 0 Å². The molecule has 0 aliphatic carbocycles. The molecule has 2 aromatic rings. The zero-order valence-electron chi connectivity index (χ0n) is 10.8. The van der Waals surface area contributed by atoms with Crippen LogP contribution in [0.3, 0.4) is 0 Å². The van der Waals surface area contributed by atoms with Gasteiger partial charge in [-0.2, -0.15) is 0 Å². The Morgan fingerprint density at radius 3 is 2.58 bits per heavy atom. The van der Waals surface area contributed by atoms with Crippen molar-refractivity contribution in [2.75, 3.05) is 12.4 Å². The lowest BCUT2D eigenvalue weighted by atomic mass is 10.1. The number of anilines is 1. The summed E-state index contributed by atoms with van der Waals surface area (Å²) in [5, 5.41) is 2.95. The van der Waals surface area contributed by atoms with E-state index in [2.05, 4.69) is 5.32 Å². The van der Waals surface area contributed by atoms with Crippen LogP contribution >= 0.6 is 0 Å². The van der Waals surface area contributed by atoms with Gasteiger partial charge in [-0.25, -0.2) is 8.78 Å². The highest BCUT2D eigenvalue weighted by atomic mass is 19.2. The van der Waals surface area contributed by atoms with Gasteiger partial charge in [0, 0.05) is 6.04 Å². The molecule has 0 spiro atoms. The highest BCUT2D eigenvalue weighted by molar-refractivity contribution is 5.47. The van der Waals surface area contributed by atoms with Crippen molar-refractivity contribution in [2.24, 2.45) is 0 Å². The summed E-state index contributed by atoms with van der Waals surface area (Å²) < 4.78 is 31.8. The summed E-state index contributed by atoms with van der Waals surface area (Å²) in [6.07, 6.45) is 0. The fourth-order valence-electron chi connectivity index (χ4n) is 1.84. The standard InChI is InChI=1S/C15H15F2NO/c1-10(11-5-3-6-12(9-11)19-2)18-14-8-4-7-13(16)15(14)17/h3-10,18H,1-2H3. The van der Waals surface area contributed by atoms with Crippen LogP contribution in [0.25, 0.3) is 0 Å². The summed E-state index contributed by atoms with van der Waals surface area (Å²) in [5.41, 5.74) is 1.08. The third-order valence-corrected chi connectivity index (χ3v) is 2.92. The molecule has 0 radical (unpaired) electrons. The third kappa shape index (κ3) is 3.02. The predicted molar refractivity (Wildman–Crippen MR) is 71.4 cm³/mol. The van der Waals surface area contributed by atoms with Crippen molar-refractivity contribution in [1.82, 2.24) is 0 Å². The molecule has 19 heavy (non-hydrogen) atoms. The monoisotopic (exact) mass is 263 g/mol. The molecule has 1 atom stereocenters. The van der Waals surface area contributed by atoms with Crippen molar-refractivity contribution in [3.63, 3.8) is 0 Å². The van der Waals surface area contributed by atoms with E-state index in [1.54, 1.807) is 7.11 Å². The molecule has 2 nitrogen and oxygen atoms in total. The van der Waals surface area contributed by atoms with Crippen LogP contribution in [0, 0.1) is 11.6 Å². The van der Waals surface area contributed by atoms with Crippen LogP contribution in [0.15, 0.2) is 42.5 Å². The van der Waals surface area contributed by atoms with Gasteiger partial charge in [-0.05, 0) is 36.8 Å². The second-order valence-corrected chi connectivity index (χ2v) is 4.24. The Morgan fingerprint density at radius 2 is 1.84 bits per heavy atom. The van der Waals surface area contributed by atoms with Crippen LogP contribution in [0.5, 0.6) is 5.75 Å². The van der Waals surface area contributed by atoms with Gasteiger partial charge in [0.15, 0.2) is 11.6 Å². The molecule has 0 aromatic heterocycles. The van der Waals surface area contributed by atoms with Crippen LogP contribution in [0.4, 0.5) is 14.5 Å². The minimum Gasteiger partial charge on any atom is -0.497 e.